The van der Waals surface area contributed by atoms with E-state index in [2.05, 4.69) is 231 Å². The summed E-state index contributed by atoms with van der Waals surface area (Å²) in [6.07, 6.45) is 0. The molecule has 3 aliphatic carbocycles. The van der Waals surface area contributed by atoms with Gasteiger partial charge in [0, 0.05) is 16.5 Å². The molecule has 0 bridgehead atoms. The maximum atomic E-state index is 7.10. The third-order valence-electron chi connectivity index (χ3n) is 15.3. The summed E-state index contributed by atoms with van der Waals surface area (Å²) in [5, 5.41) is 4.91. The maximum absolute atomic E-state index is 7.10. The molecule has 0 amide bonds. The number of fused-ring (bicyclic) bond motifs is 20. The summed E-state index contributed by atoms with van der Waals surface area (Å²) in [4.78, 5) is 0. The molecule has 1 aliphatic heterocycles. The van der Waals surface area contributed by atoms with Gasteiger partial charge in [0.15, 0.2) is 0 Å². The Bertz CT molecular complexity index is 3840. The molecule has 4 aliphatic rings. The van der Waals surface area contributed by atoms with Crippen molar-refractivity contribution in [2.45, 2.75) is 10.8 Å². The van der Waals surface area contributed by atoms with Gasteiger partial charge in [-0.05, 0) is 123 Å². The number of benzene rings is 11. The minimum Gasteiger partial charge on any atom is -0.456 e. The zero-order valence-electron chi connectivity index (χ0n) is 35.3. The molecule has 11 aromatic carbocycles. The van der Waals surface area contributed by atoms with Crippen molar-refractivity contribution < 1.29 is 4.74 Å². The first-order chi connectivity index (χ1) is 32.3. The Morgan fingerprint density at radius 1 is 0.277 bits per heavy atom. The smallest absolute Gasteiger partial charge is 0.140 e. The highest BCUT2D eigenvalue weighted by atomic mass is 16.5. The number of hydrogen-bond acceptors (Lipinski definition) is 1. The van der Waals surface area contributed by atoms with Gasteiger partial charge in [-0.3, -0.25) is 0 Å². The van der Waals surface area contributed by atoms with Crippen LogP contribution in [0, 0.1) is 0 Å². The lowest BCUT2D eigenvalue weighted by Crippen LogP contribution is -2.32. The van der Waals surface area contributed by atoms with Gasteiger partial charge < -0.3 is 4.74 Å². The van der Waals surface area contributed by atoms with E-state index < -0.39 is 10.8 Å². The second kappa shape index (κ2) is 12.7. The molecular formula is C64H38O. The van der Waals surface area contributed by atoms with Crippen LogP contribution in [0.15, 0.2) is 231 Å². The van der Waals surface area contributed by atoms with Crippen LogP contribution < -0.4 is 4.74 Å². The Morgan fingerprint density at radius 3 is 1.46 bits per heavy atom. The van der Waals surface area contributed by atoms with Gasteiger partial charge in [0.05, 0.1) is 10.8 Å². The molecule has 300 valence electrons. The Hall–Kier alpha value is -8.26. The Balaban J connectivity index is 0.991. The van der Waals surface area contributed by atoms with Crippen LogP contribution in [0.1, 0.15) is 44.5 Å². The van der Waals surface area contributed by atoms with Crippen molar-refractivity contribution in [2.75, 3.05) is 0 Å². The summed E-state index contributed by atoms with van der Waals surface area (Å²) in [6.45, 7) is 0. The Kier molecular flexibility index (Phi) is 6.88. The minimum absolute atomic E-state index is 0.475. The average molecular weight is 823 g/mol. The van der Waals surface area contributed by atoms with Crippen molar-refractivity contribution >= 4 is 21.5 Å². The SMILES string of the molecule is c1cc(-c2cccc3c2-c2ccccc2C32c3ccccc3-c3cccc4cccc2c34)cc(-c2cc3c(c4ccccc24)Oc2ccccc2C32c3ccccc3-c3ccccc32)c1. The molecule has 15 rings (SSSR count). The summed E-state index contributed by atoms with van der Waals surface area (Å²) in [7, 11) is 0. The molecule has 0 fully saturated rings. The zero-order valence-corrected chi connectivity index (χ0v) is 35.3. The van der Waals surface area contributed by atoms with Gasteiger partial charge in [-0.25, -0.2) is 0 Å². The van der Waals surface area contributed by atoms with Gasteiger partial charge in [-0.1, -0.05) is 212 Å². The van der Waals surface area contributed by atoms with E-state index in [1.807, 2.05) is 0 Å². The van der Waals surface area contributed by atoms with E-state index in [1.165, 1.54) is 116 Å². The lowest BCUT2D eigenvalue weighted by Gasteiger charge is -2.40. The predicted octanol–water partition coefficient (Wildman–Crippen LogP) is 16.1. The van der Waals surface area contributed by atoms with Crippen molar-refractivity contribution in [1.29, 1.82) is 0 Å². The molecule has 0 radical (unpaired) electrons. The topological polar surface area (TPSA) is 9.23 Å². The molecule has 2 spiro atoms. The van der Waals surface area contributed by atoms with Crippen LogP contribution in [-0.4, -0.2) is 0 Å². The van der Waals surface area contributed by atoms with E-state index in [0.29, 0.717) is 0 Å². The van der Waals surface area contributed by atoms with Crippen molar-refractivity contribution in [3.63, 3.8) is 0 Å². The van der Waals surface area contributed by atoms with Gasteiger partial charge in [0.2, 0.25) is 0 Å². The van der Waals surface area contributed by atoms with Crippen LogP contribution in [0.25, 0.3) is 77.2 Å². The number of ether oxygens (including phenoxy) is 1. The van der Waals surface area contributed by atoms with Gasteiger partial charge in [-0.2, -0.15) is 0 Å². The van der Waals surface area contributed by atoms with Crippen molar-refractivity contribution in [3.8, 4) is 67.1 Å². The lowest BCUT2D eigenvalue weighted by atomic mass is 9.61. The molecule has 1 heterocycles. The van der Waals surface area contributed by atoms with E-state index in [9.17, 15) is 0 Å². The molecule has 0 N–H and O–H groups in total. The van der Waals surface area contributed by atoms with Crippen molar-refractivity contribution in [1.82, 2.24) is 0 Å². The van der Waals surface area contributed by atoms with Crippen LogP contribution in [0.4, 0.5) is 0 Å². The van der Waals surface area contributed by atoms with Gasteiger partial charge in [0.1, 0.15) is 11.5 Å². The fraction of sp³-hybridized carbons (Fsp3) is 0.0312. The highest BCUT2D eigenvalue weighted by molar-refractivity contribution is 6.09. The average Bonchev–Trinajstić information content (AvgIpc) is 3.84. The zero-order chi connectivity index (χ0) is 42.4. The molecule has 1 unspecified atom stereocenters. The van der Waals surface area contributed by atoms with Crippen LogP contribution in [0.3, 0.4) is 0 Å². The van der Waals surface area contributed by atoms with E-state index in [0.717, 1.165) is 16.9 Å². The van der Waals surface area contributed by atoms with E-state index in [1.54, 1.807) is 0 Å². The normalized spacial score (nSPS) is 16.0. The third-order valence-corrected chi connectivity index (χ3v) is 15.3. The fourth-order valence-corrected chi connectivity index (χ4v) is 13.0. The van der Waals surface area contributed by atoms with Gasteiger partial charge in [0.25, 0.3) is 0 Å². The largest absolute Gasteiger partial charge is 0.456 e. The highest BCUT2D eigenvalue weighted by Gasteiger charge is 2.53. The maximum Gasteiger partial charge on any atom is 0.140 e. The van der Waals surface area contributed by atoms with Crippen molar-refractivity contribution in [3.05, 3.63) is 275 Å². The second-order valence-corrected chi connectivity index (χ2v) is 18.1. The lowest BCUT2D eigenvalue weighted by molar-refractivity contribution is 0.442. The molecule has 65 heavy (non-hydrogen) atoms. The predicted molar refractivity (Wildman–Crippen MR) is 266 cm³/mol. The van der Waals surface area contributed by atoms with Crippen LogP contribution in [0.5, 0.6) is 11.5 Å². The first-order valence-electron chi connectivity index (χ1n) is 22.8. The number of para-hydroxylation sites is 1. The summed E-state index contributed by atoms with van der Waals surface area (Å²) in [6, 6.07) is 86.3. The van der Waals surface area contributed by atoms with Crippen LogP contribution >= 0.6 is 0 Å². The van der Waals surface area contributed by atoms with Crippen LogP contribution in [0.2, 0.25) is 0 Å². The Labute approximate surface area is 377 Å². The third kappa shape index (κ3) is 4.29. The van der Waals surface area contributed by atoms with E-state index in [-0.39, 0.29) is 0 Å². The number of rotatable bonds is 2. The first kappa shape index (κ1) is 35.2. The summed E-state index contributed by atoms with van der Waals surface area (Å²) in [5.74, 6) is 1.83. The van der Waals surface area contributed by atoms with Gasteiger partial charge in [-0.15, -0.1) is 0 Å². The minimum atomic E-state index is -0.566. The molecule has 11 aromatic rings. The molecular weight excluding hydrogens is 785 g/mol. The Morgan fingerprint density at radius 2 is 0.738 bits per heavy atom. The second-order valence-electron chi connectivity index (χ2n) is 18.1. The molecule has 1 nitrogen and oxygen atoms in total. The highest BCUT2D eigenvalue weighted by Crippen LogP contribution is 2.65. The molecule has 1 atom stereocenters. The standard InChI is InChI=1S/C64H38O/c1-2-25-48-43(21-1)50(38-58-62(48)65-59-36-12-11-33-55(59)63(58)51-29-7-3-22-44(51)45-23-4-8-30-52(45)63)41-20-13-19-40(37-41)42-27-16-35-57-61(42)49-26-6-10-32-54(49)64(57)53-31-9-5-24-46(53)47-28-14-17-39-18-15-34-56(64)60(39)47/h1-38H. The summed E-state index contributed by atoms with van der Waals surface area (Å²) < 4.78 is 7.10. The van der Waals surface area contributed by atoms with Crippen LogP contribution in [-0.2, 0) is 10.8 Å². The molecule has 1 heteroatoms. The fourth-order valence-electron chi connectivity index (χ4n) is 13.0. The van der Waals surface area contributed by atoms with E-state index >= 15 is 0 Å². The van der Waals surface area contributed by atoms with E-state index in [4.69, 9.17) is 4.74 Å². The number of hydrogen-bond donors (Lipinski definition) is 0. The molecule has 0 saturated carbocycles. The van der Waals surface area contributed by atoms with Gasteiger partial charge >= 0.3 is 0 Å². The summed E-state index contributed by atoms with van der Waals surface area (Å²) >= 11 is 0. The molecule has 0 saturated heterocycles. The monoisotopic (exact) mass is 822 g/mol. The quantitative estimate of drug-likeness (QED) is 0.169. The first-order valence-corrected chi connectivity index (χ1v) is 22.8. The molecule has 0 aromatic heterocycles. The van der Waals surface area contributed by atoms with Crippen molar-refractivity contribution in [2.24, 2.45) is 0 Å². The summed E-state index contributed by atoms with van der Waals surface area (Å²) in [5.41, 5.74) is 21.9.